The number of benzene rings is 1. The monoisotopic (exact) mass is 376 g/mol. The molecule has 0 fully saturated rings. The molecule has 3 nitrogen and oxygen atoms in total. The molecule has 0 N–H and O–H groups in total. The average molecular weight is 377 g/mol. The first-order chi connectivity index (χ1) is 10.9. The second-order valence-electron chi connectivity index (χ2n) is 7.80. The molecular weight excluding hydrogens is 346 g/mol. The van der Waals surface area contributed by atoms with Gasteiger partial charge in [-0.1, -0.05) is 0 Å². The first-order valence-electron chi connectivity index (χ1n) is 8.32. The van der Waals surface area contributed by atoms with Gasteiger partial charge in [-0.2, -0.15) is 4.39 Å². The molecule has 2 unspecified atom stereocenters. The first-order valence-corrected chi connectivity index (χ1v) is 15.1. The molecule has 0 amide bonds. The van der Waals surface area contributed by atoms with Crippen LogP contribution in [0.25, 0.3) is 0 Å². The summed E-state index contributed by atoms with van der Waals surface area (Å²) in [6.07, 6.45) is -1.01. The van der Waals surface area contributed by atoms with Gasteiger partial charge < -0.3 is 13.6 Å². The fourth-order valence-electron chi connectivity index (χ4n) is 2.45. The lowest BCUT2D eigenvalue weighted by Crippen LogP contribution is -2.39. The molecule has 0 spiro atoms. The predicted molar refractivity (Wildman–Crippen MR) is 98.6 cm³/mol. The Morgan fingerprint density at radius 2 is 1.46 bits per heavy atom. The van der Waals surface area contributed by atoms with Crippen molar-refractivity contribution < 1.29 is 22.4 Å². The number of hydrogen-bond acceptors (Lipinski definition) is 3. The van der Waals surface area contributed by atoms with E-state index in [-0.39, 0.29) is 24.0 Å². The standard InChI is InChI=1S/C17H30F2O3Si2/c1-9-20-14-11-10-13(15(18)16(14)19)17(22-24(6,7)8)12(2)21-23(3,4)5/h10-12,17H,9H2,1-8H3. The fourth-order valence-corrected chi connectivity index (χ4v) is 4.77. The maximum Gasteiger partial charge on any atom is 0.200 e. The van der Waals surface area contributed by atoms with E-state index in [0.29, 0.717) is 0 Å². The smallest absolute Gasteiger partial charge is 0.200 e. The van der Waals surface area contributed by atoms with Crippen LogP contribution in [0, 0.1) is 11.6 Å². The summed E-state index contributed by atoms with van der Waals surface area (Å²) in [7, 11) is -3.85. The molecule has 1 aromatic rings. The highest BCUT2D eigenvalue weighted by Crippen LogP contribution is 2.34. The van der Waals surface area contributed by atoms with Gasteiger partial charge in [0.1, 0.15) is 0 Å². The number of halogens is 2. The lowest BCUT2D eigenvalue weighted by atomic mass is 10.0. The number of rotatable bonds is 8. The molecule has 0 aliphatic carbocycles. The van der Waals surface area contributed by atoms with Crippen LogP contribution in [0.1, 0.15) is 25.5 Å². The Morgan fingerprint density at radius 1 is 0.917 bits per heavy atom. The topological polar surface area (TPSA) is 27.7 Å². The van der Waals surface area contributed by atoms with Crippen molar-refractivity contribution in [1.82, 2.24) is 0 Å². The third-order valence-electron chi connectivity index (χ3n) is 3.13. The van der Waals surface area contributed by atoms with Crippen molar-refractivity contribution in [3.63, 3.8) is 0 Å². The van der Waals surface area contributed by atoms with Crippen LogP contribution in [-0.2, 0) is 8.85 Å². The Balaban J connectivity index is 3.26. The van der Waals surface area contributed by atoms with Gasteiger partial charge in [0, 0.05) is 5.56 Å². The van der Waals surface area contributed by atoms with Crippen LogP contribution < -0.4 is 4.74 Å². The molecule has 138 valence electrons. The molecule has 0 saturated carbocycles. The molecule has 1 aromatic carbocycles. The molecule has 0 radical (unpaired) electrons. The van der Waals surface area contributed by atoms with Gasteiger partial charge in [0.15, 0.2) is 28.2 Å². The lowest BCUT2D eigenvalue weighted by Gasteiger charge is -2.34. The quantitative estimate of drug-likeness (QED) is 0.561. The first kappa shape index (κ1) is 21.3. The summed E-state index contributed by atoms with van der Waals surface area (Å²) in [5.41, 5.74) is 0.184. The van der Waals surface area contributed by atoms with Crippen molar-refractivity contribution in [3.8, 4) is 5.75 Å². The van der Waals surface area contributed by atoms with E-state index < -0.39 is 34.4 Å². The van der Waals surface area contributed by atoms with Gasteiger partial charge in [-0.05, 0) is 65.3 Å². The predicted octanol–water partition coefficient (Wildman–Crippen LogP) is 5.50. The van der Waals surface area contributed by atoms with Crippen molar-refractivity contribution >= 4 is 16.6 Å². The maximum atomic E-state index is 14.6. The van der Waals surface area contributed by atoms with E-state index in [1.165, 1.54) is 12.1 Å². The van der Waals surface area contributed by atoms with Crippen molar-refractivity contribution in [2.45, 2.75) is 65.3 Å². The SMILES string of the molecule is CCOc1ccc(C(O[Si](C)(C)C)C(C)O[Si](C)(C)C)c(F)c1F. The van der Waals surface area contributed by atoms with Crippen LogP contribution in [0.4, 0.5) is 8.78 Å². The minimum atomic E-state index is -2.00. The Kier molecular flexibility index (Phi) is 7.16. The molecule has 24 heavy (non-hydrogen) atoms. The summed E-state index contributed by atoms with van der Waals surface area (Å²) in [6.45, 7) is 16.1. The van der Waals surface area contributed by atoms with Gasteiger partial charge in [0.2, 0.25) is 5.82 Å². The van der Waals surface area contributed by atoms with Crippen LogP contribution in [-0.4, -0.2) is 29.3 Å². The van der Waals surface area contributed by atoms with Crippen LogP contribution in [0.15, 0.2) is 12.1 Å². The maximum absolute atomic E-state index is 14.6. The zero-order valence-corrected chi connectivity index (χ0v) is 18.0. The van der Waals surface area contributed by atoms with Gasteiger partial charge in [-0.3, -0.25) is 0 Å². The summed E-state index contributed by atoms with van der Waals surface area (Å²) >= 11 is 0. The van der Waals surface area contributed by atoms with Crippen molar-refractivity contribution in [3.05, 3.63) is 29.3 Å². The lowest BCUT2D eigenvalue weighted by molar-refractivity contribution is 0.0520. The van der Waals surface area contributed by atoms with Crippen molar-refractivity contribution in [2.24, 2.45) is 0 Å². The largest absolute Gasteiger partial charge is 0.491 e. The second kappa shape index (κ2) is 8.08. The third-order valence-corrected chi connectivity index (χ3v) is 5.17. The summed E-state index contributed by atoms with van der Waals surface area (Å²) in [5, 5.41) is 0. The molecule has 0 aromatic heterocycles. The van der Waals surface area contributed by atoms with E-state index in [0.717, 1.165) is 0 Å². The molecular formula is C17H30F2O3Si2. The van der Waals surface area contributed by atoms with Crippen molar-refractivity contribution in [2.75, 3.05) is 6.61 Å². The molecule has 0 aliphatic heterocycles. The molecule has 0 saturated heterocycles. The van der Waals surface area contributed by atoms with Crippen LogP contribution in [0.5, 0.6) is 5.75 Å². The fraction of sp³-hybridized carbons (Fsp3) is 0.647. The van der Waals surface area contributed by atoms with Crippen LogP contribution in [0.3, 0.4) is 0 Å². The minimum absolute atomic E-state index is 0.0794. The minimum Gasteiger partial charge on any atom is -0.491 e. The molecule has 1 rings (SSSR count). The van der Waals surface area contributed by atoms with E-state index in [4.69, 9.17) is 13.6 Å². The highest BCUT2D eigenvalue weighted by atomic mass is 28.4. The van der Waals surface area contributed by atoms with E-state index in [2.05, 4.69) is 19.6 Å². The zero-order valence-electron chi connectivity index (χ0n) is 16.0. The molecule has 0 bridgehead atoms. The zero-order chi connectivity index (χ0) is 18.7. The Morgan fingerprint density at radius 3 is 1.92 bits per heavy atom. The number of ether oxygens (including phenoxy) is 1. The normalized spacial score (nSPS) is 15.2. The van der Waals surface area contributed by atoms with Gasteiger partial charge >= 0.3 is 0 Å². The molecule has 0 heterocycles. The summed E-state index contributed by atoms with van der Waals surface area (Å²) in [5.74, 6) is -1.97. The Labute approximate surface area is 146 Å². The highest BCUT2D eigenvalue weighted by Gasteiger charge is 2.33. The summed E-state index contributed by atoms with van der Waals surface area (Å²) < 4.78 is 46.3. The van der Waals surface area contributed by atoms with Crippen molar-refractivity contribution in [1.29, 1.82) is 0 Å². The van der Waals surface area contributed by atoms with Gasteiger partial charge in [-0.15, -0.1) is 0 Å². The third kappa shape index (κ3) is 6.27. The Bertz CT molecular complexity index is 554. The second-order valence-corrected chi connectivity index (χ2v) is 16.7. The molecule has 7 heteroatoms. The van der Waals surface area contributed by atoms with E-state index in [1.54, 1.807) is 6.92 Å². The Hall–Kier alpha value is -0.766. The molecule has 2 atom stereocenters. The van der Waals surface area contributed by atoms with E-state index in [9.17, 15) is 8.78 Å². The van der Waals surface area contributed by atoms with Crippen LogP contribution in [0.2, 0.25) is 39.3 Å². The summed E-state index contributed by atoms with van der Waals surface area (Å²) in [6, 6.07) is 3.00. The number of hydrogen-bond donors (Lipinski definition) is 0. The van der Waals surface area contributed by atoms with E-state index in [1.807, 2.05) is 26.6 Å². The van der Waals surface area contributed by atoms with Gasteiger partial charge in [-0.25, -0.2) is 4.39 Å². The average Bonchev–Trinajstić information content (AvgIpc) is 2.39. The summed E-state index contributed by atoms with van der Waals surface area (Å²) in [4.78, 5) is 0. The van der Waals surface area contributed by atoms with E-state index >= 15 is 0 Å². The molecule has 0 aliphatic rings. The van der Waals surface area contributed by atoms with Gasteiger partial charge in [0.25, 0.3) is 0 Å². The highest BCUT2D eigenvalue weighted by molar-refractivity contribution is 6.70. The van der Waals surface area contributed by atoms with Gasteiger partial charge in [0.05, 0.1) is 18.8 Å². The van der Waals surface area contributed by atoms with Crippen LogP contribution >= 0.6 is 0 Å².